The number of carbonyl (C=O) groups is 1. The fourth-order valence-electron chi connectivity index (χ4n) is 4.98. The Morgan fingerprint density at radius 1 is 1.23 bits per heavy atom. The molecule has 0 atom stereocenters. The molecule has 1 heterocycles. The molecule has 0 radical (unpaired) electrons. The molecule has 182 valence electrons. The van der Waals surface area contributed by atoms with Crippen LogP contribution in [0.15, 0.2) is 55.3 Å². The summed E-state index contributed by atoms with van der Waals surface area (Å²) in [6.45, 7) is 11.3. The first kappa shape index (κ1) is 24.9. The maximum Gasteiger partial charge on any atom is 0.135 e. The summed E-state index contributed by atoms with van der Waals surface area (Å²) in [5, 5.41) is 11.0. The third-order valence-corrected chi connectivity index (χ3v) is 7.49. The van der Waals surface area contributed by atoms with E-state index in [2.05, 4.69) is 79.4 Å². The maximum absolute atomic E-state index is 12.2. The monoisotopic (exact) mass is 466 g/mol. The molecule has 1 aromatic heterocycles. The summed E-state index contributed by atoms with van der Waals surface area (Å²) >= 11 is 0. The number of unbranched alkanes of at least 4 members (excludes halogenated alkanes) is 1. The second kappa shape index (κ2) is 11.5. The standard InChI is InChI=1S/C32H38N2O/c1-4-26-18-20-34(19-6-5-13-32(35)27-10-8-11-27)31(26)17-14-24(3)30(33)22-25-15-16-29-23(2)9-7-12-28(29)21-25/h4,7,12,15-18,20-21,27,33H,2-3,5-6,8-11,13-14,19,22H2,1H3. The van der Waals surface area contributed by atoms with E-state index in [1.54, 1.807) is 0 Å². The van der Waals surface area contributed by atoms with Gasteiger partial charge in [-0.05, 0) is 84.6 Å². The van der Waals surface area contributed by atoms with Crippen molar-refractivity contribution in [1.29, 1.82) is 5.41 Å². The molecule has 0 unspecified atom stereocenters. The molecule has 0 aliphatic heterocycles. The molecule has 1 N–H and O–H groups in total. The van der Waals surface area contributed by atoms with Gasteiger partial charge in [0.1, 0.15) is 5.78 Å². The smallest absolute Gasteiger partial charge is 0.135 e. The number of fused-ring (bicyclic) bond motifs is 1. The van der Waals surface area contributed by atoms with Crippen LogP contribution in [0, 0.1) is 11.3 Å². The molecular formula is C32H38N2O. The lowest BCUT2D eigenvalue weighted by atomic mass is 9.81. The highest BCUT2D eigenvalue weighted by molar-refractivity contribution is 5.99. The summed E-state index contributed by atoms with van der Waals surface area (Å²) in [6.07, 6.45) is 19.0. The Labute approximate surface area is 209 Å². The number of ketones is 1. The van der Waals surface area contributed by atoms with E-state index in [1.807, 2.05) is 0 Å². The van der Waals surface area contributed by atoms with E-state index in [0.717, 1.165) is 61.8 Å². The molecule has 2 aromatic rings. The van der Waals surface area contributed by atoms with E-state index in [9.17, 15) is 4.79 Å². The molecule has 0 saturated heterocycles. The van der Waals surface area contributed by atoms with E-state index in [1.165, 1.54) is 28.1 Å². The summed E-state index contributed by atoms with van der Waals surface area (Å²) in [5.74, 6) is 0.818. The topological polar surface area (TPSA) is 45.9 Å². The van der Waals surface area contributed by atoms with Gasteiger partial charge in [-0.3, -0.25) is 4.79 Å². The molecule has 2 aliphatic rings. The van der Waals surface area contributed by atoms with Gasteiger partial charge in [0.2, 0.25) is 0 Å². The van der Waals surface area contributed by atoms with Crippen LogP contribution in [-0.2, 0) is 17.8 Å². The van der Waals surface area contributed by atoms with Crippen molar-refractivity contribution in [2.24, 2.45) is 5.92 Å². The van der Waals surface area contributed by atoms with Crippen LogP contribution in [-0.4, -0.2) is 16.1 Å². The molecule has 0 spiro atoms. The first-order valence-corrected chi connectivity index (χ1v) is 13.0. The Morgan fingerprint density at radius 2 is 2.06 bits per heavy atom. The normalized spacial score (nSPS) is 16.3. The Morgan fingerprint density at radius 3 is 2.80 bits per heavy atom. The number of aromatic nitrogens is 1. The average Bonchev–Trinajstić information content (AvgIpc) is 3.21. The van der Waals surface area contributed by atoms with Gasteiger partial charge >= 0.3 is 0 Å². The Balaban J connectivity index is 1.35. The molecular weight excluding hydrogens is 428 g/mol. The fraction of sp³-hybridized carbons (Fsp3) is 0.375. The summed E-state index contributed by atoms with van der Waals surface area (Å²) < 4.78 is 2.28. The first-order chi connectivity index (χ1) is 17.0. The number of hydrogen-bond donors (Lipinski definition) is 1. The van der Waals surface area contributed by atoms with E-state index in [4.69, 9.17) is 5.41 Å². The Bertz CT molecular complexity index is 1280. The number of hydrogen-bond acceptors (Lipinski definition) is 2. The third kappa shape index (κ3) is 6.08. The zero-order valence-electron chi connectivity index (χ0n) is 21.1. The van der Waals surface area contributed by atoms with Crippen LogP contribution in [0.5, 0.6) is 0 Å². The predicted molar refractivity (Wildman–Crippen MR) is 149 cm³/mol. The minimum Gasteiger partial charge on any atom is -0.348 e. The van der Waals surface area contributed by atoms with Crippen molar-refractivity contribution in [3.63, 3.8) is 0 Å². The highest BCUT2D eigenvalue weighted by Crippen LogP contribution is 2.29. The highest BCUT2D eigenvalue weighted by atomic mass is 16.1. The van der Waals surface area contributed by atoms with Gasteiger partial charge in [-0.1, -0.05) is 62.1 Å². The molecule has 0 bridgehead atoms. The van der Waals surface area contributed by atoms with Gasteiger partial charge in [-0.25, -0.2) is 0 Å². The van der Waals surface area contributed by atoms with Crippen molar-refractivity contribution >= 4 is 35.3 Å². The van der Waals surface area contributed by atoms with Gasteiger partial charge < -0.3 is 9.98 Å². The molecule has 3 heteroatoms. The van der Waals surface area contributed by atoms with Crippen LogP contribution < -0.4 is 10.6 Å². The zero-order valence-corrected chi connectivity index (χ0v) is 21.1. The van der Waals surface area contributed by atoms with Gasteiger partial charge in [-0.2, -0.15) is 0 Å². The number of Topliss-reactive ketones (excluding diaryl/α,β-unsaturated/α-hetero) is 1. The molecule has 3 nitrogen and oxygen atoms in total. The second-order valence-corrected chi connectivity index (χ2v) is 9.99. The number of carbonyl (C=O) groups excluding carboxylic acids is 1. The largest absolute Gasteiger partial charge is 0.348 e. The van der Waals surface area contributed by atoms with Crippen molar-refractivity contribution in [2.45, 2.75) is 71.3 Å². The zero-order chi connectivity index (χ0) is 24.8. The molecule has 35 heavy (non-hydrogen) atoms. The van der Waals surface area contributed by atoms with E-state index in [-0.39, 0.29) is 0 Å². The summed E-state index contributed by atoms with van der Waals surface area (Å²) in [6, 6.07) is 8.56. The van der Waals surface area contributed by atoms with Crippen LogP contribution in [0.3, 0.4) is 0 Å². The van der Waals surface area contributed by atoms with Crippen LogP contribution in [0.1, 0.15) is 75.0 Å². The molecule has 4 rings (SSSR count). The van der Waals surface area contributed by atoms with Gasteiger partial charge in [0.25, 0.3) is 0 Å². The molecule has 1 saturated carbocycles. The van der Waals surface area contributed by atoms with Crippen LogP contribution in [0.4, 0.5) is 0 Å². The Kier molecular flexibility index (Phi) is 8.17. The molecule has 1 fully saturated rings. The minimum absolute atomic E-state index is 0.352. The highest BCUT2D eigenvalue weighted by Gasteiger charge is 2.24. The quantitative estimate of drug-likeness (QED) is 0.309. The molecule has 2 aliphatic carbocycles. The van der Waals surface area contributed by atoms with E-state index in [0.29, 0.717) is 30.3 Å². The van der Waals surface area contributed by atoms with Crippen LogP contribution in [0.25, 0.3) is 23.8 Å². The predicted octanol–water partition coefficient (Wildman–Crippen LogP) is 6.25. The first-order valence-electron chi connectivity index (χ1n) is 13.0. The molecule has 1 aromatic carbocycles. The van der Waals surface area contributed by atoms with Gasteiger partial charge in [0, 0.05) is 42.6 Å². The van der Waals surface area contributed by atoms with Crippen molar-refractivity contribution in [3.05, 3.63) is 82.5 Å². The van der Waals surface area contributed by atoms with E-state index >= 15 is 0 Å². The van der Waals surface area contributed by atoms with Crippen LogP contribution in [0.2, 0.25) is 0 Å². The third-order valence-electron chi connectivity index (χ3n) is 7.49. The number of aryl methyl sites for hydroxylation is 1. The number of nitrogens with one attached hydrogen (secondary N) is 1. The lowest BCUT2D eigenvalue weighted by Crippen LogP contribution is -2.29. The summed E-state index contributed by atoms with van der Waals surface area (Å²) in [7, 11) is 0. The Hall–Kier alpha value is -3.20. The van der Waals surface area contributed by atoms with Gasteiger partial charge in [0.05, 0.1) is 0 Å². The van der Waals surface area contributed by atoms with Crippen LogP contribution >= 0.6 is 0 Å². The number of nitrogens with zero attached hydrogens (tertiary/aromatic N) is 1. The SMILES string of the molecule is C=C(CC=c1c(=CC)ccn1CCCCC(=O)C1CCC1)C(=N)Cc1ccc2c(c1)C=CCC2=C. The van der Waals surface area contributed by atoms with Gasteiger partial charge in [-0.15, -0.1) is 0 Å². The second-order valence-electron chi connectivity index (χ2n) is 9.99. The number of benzene rings is 1. The molecule has 0 amide bonds. The lowest BCUT2D eigenvalue weighted by Gasteiger charge is -2.23. The number of allylic oxidation sites excluding steroid dienone is 3. The minimum atomic E-state index is 0.352. The van der Waals surface area contributed by atoms with Crippen molar-refractivity contribution in [2.75, 3.05) is 0 Å². The maximum atomic E-state index is 12.2. The van der Waals surface area contributed by atoms with Crippen molar-refractivity contribution in [3.8, 4) is 0 Å². The van der Waals surface area contributed by atoms with Gasteiger partial charge in [0.15, 0.2) is 0 Å². The van der Waals surface area contributed by atoms with Crippen molar-refractivity contribution in [1.82, 2.24) is 4.57 Å². The van der Waals surface area contributed by atoms with Crippen molar-refractivity contribution < 1.29 is 4.79 Å². The lowest BCUT2D eigenvalue weighted by molar-refractivity contribution is -0.125. The number of rotatable bonds is 11. The van der Waals surface area contributed by atoms with E-state index < -0.39 is 0 Å². The fourth-order valence-corrected chi connectivity index (χ4v) is 4.98. The summed E-state index contributed by atoms with van der Waals surface area (Å²) in [4.78, 5) is 12.2. The summed E-state index contributed by atoms with van der Waals surface area (Å²) in [5.41, 5.74) is 6.12. The average molecular weight is 467 g/mol.